The summed E-state index contributed by atoms with van der Waals surface area (Å²) in [6.07, 6.45) is 2.64. The number of hydrogen-bond donors (Lipinski definition) is 1. The fourth-order valence-corrected chi connectivity index (χ4v) is 2.32. The van der Waals surface area contributed by atoms with Crippen LogP contribution in [0.3, 0.4) is 0 Å². The van der Waals surface area contributed by atoms with Crippen LogP contribution in [0.2, 0.25) is 0 Å². The molecule has 2 atom stereocenters. The van der Waals surface area contributed by atoms with E-state index in [0.29, 0.717) is 17.9 Å². The van der Waals surface area contributed by atoms with E-state index >= 15 is 0 Å². The van der Waals surface area contributed by atoms with Crippen LogP contribution >= 0.6 is 0 Å². The van der Waals surface area contributed by atoms with Gasteiger partial charge in [-0.15, -0.1) is 0 Å². The molecule has 1 N–H and O–H groups in total. The fourth-order valence-electron chi connectivity index (χ4n) is 2.32. The zero-order valence-corrected chi connectivity index (χ0v) is 14.0. The summed E-state index contributed by atoms with van der Waals surface area (Å²) in [5.74, 6) is -0.436. The number of hydrogen-bond acceptors (Lipinski definition) is 1. The van der Waals surface area contributed by atoms with Crippen molar-refractivity contribution < 1.29 is 8.78 Å². The highest BCUT2D eigenvalue weighted by molar-refractivity contribution is 5.19. The van der Waals surface area contributed by atoms with Gasteiger partial charge < -0.3 is 5.32 Å². The molecular formula is C18H29F2N. The zero-order valence-electron chi connectivity index (χ0n) is 14.0. The van der Waals surface area contributed by atoms with Crippen LogP contribution < -0.4 is 5.32 Å². The first-order valence-corrected chi connectivity index (χ1v) is 7.91. The maximum Gasteiger partial charge on any atom is 0.129 e. The van der Waals surface area contributed by atoms with Crippen LogP contribution in [-0.4, -0.2) is 12.6 Å². The van der Waals surface area contributed by atoms with Gasteiger partial charge in [0.05, 0.1) is 0 Å². The quantitative estimate of drug-likeness (QED) is 0.751. The lowest BCUT2D eigenvalue weighted by atomic mass is 9.77. The normalized spacial score (nSPS) is 15.0. The van der Waals surface area contributed by atoms with E-state index in [-0.39, 0.29) is 11.5 Å². The summed E-state index contributed by atoms with van der Waals surface area (Å²) in [4.78, 5) is 0. The summed E-state index contributed by atoms with van der Waals surface area (Å²) in [6, 6.07) is 4.09. The lowest BCUT2D eigenvalue weighted by molar-refractivity contribution is 0.221. The van der Waals surface area contributed by atoms with Crippen molar-refractivity contribution in [2.45, 2.75) is 59.9 Å². The van der Waals surface area contributed by atoms with Gasteiger partial charge in [-0.2, -0.15) is 0 Å². The molecule has 120 valence electrons. The highest BCUT2D eigenvalue weighted by Crippen LogP contribution is 2.30. The minimum atomic E-state index is -0.516. The summed E-state index contributed by atoms with van der Waals surface area (Å²) in [7, 11) is 0. The van der Waals surface area contributed by atoms with Gasteiger partial charge in [0.2, 0.25) is 0 Å². The van der Waals surface area contributed by atoms with Crippen molar-refractivity contribution in [1.29, 1.82) is 0 Å². The molecule has 0 radical (unpaired) electrons. The van der Waals surface area contributed by atoms with Crippen molar-refractivity contribution >= 4 is 0 Å². The van der Waals surface area contributed by atoms with E-state index in [1.165, 1.54) is 6.07 Å². The molecule has 2 unspecified atom stereocenters. The maximum absolute atomic E-state index is 13.8. The molecule has 0 saturated heterocycles. The van der Waals surface area contributed by atoms with Crippen molar-refractivity contribution in [1.82, 2.24) is 5.32 Å². The van der Waals surface area contributed by atoms with Crippen LogP contribution in [0.5, 0.6) is 0 Å². The third-order valence-electron chi connectivity index (χ3n) is 4.28. The molecule has 0 aromatic heterocycles. The molecule has 0 bridgehead atoms. The smallest absolute Gasteiger partial charge is 0.129 e. The Kier molecular flexibility index (Phi) is 6.79. The Morgan fingerprint density at radius 2 is 1.86 bits per heavy atom. The Morgan fingerprint density at radius 1 is 1.19 bits per heavy atom. The summed E-state index contributed by atoms with van der Waals surface area (Å²) in [5, 5.41) is 3.50. The van der Waals surface area contributed by atoms with Crippen LogP contribution in [0.4, 0.5) is 8.78 Å². The van der Waals surface area contributed by atoms with Gasteiger partial charge in [-0.3, -0.25) is 0 Å². The van der Waals surface area contributed by atoms with Crippen LogP contribution in [-0.2, 0) is 6.42 Å². The summed E-state index contributed by atoms with van der Waals surface area (Å²) >= 11 is 0. The standard InChI is InChI=1S/C18H29F2N/c1-6-9-21-16(10-13(2)18(3,4)5)11-14-7-8-15(19)12-17(14)20/h7-8,12-13,16,21H,6,9-11H2,1-5H3. The zero-order chi connectivity index (χ0) is 16.0. The fraction of sp³-hybridized carbons (Fsp3) is 0.667. The van der Waals surface area contributed by atoms with Crippen LogP contribution in [0.15, 0.2) is 18.2 Å². The number of halogens is 2. The SMILES string of the molecule is CCCNC(Cc1ccc(F)cc1F)CC(C)C(C)(C)C. The van der Waals surface area contributed by atoms with Gasteiger partial charge in [0.1, 0.15) is 11.6 Å². The van der Waals surface area contributed by atoms with E-state index in [4.69, 9.17) is 0 Å². The average molecular weight is 297 g/mol. The van der Waals surface area contributed by atoms with Crippen molar-refractivity contribution in [2.75, 3.05) is 6.54 Å². The van der Waals surface area contributed by atoms with Gasteiger partial charge in [0.25, 0.3) is 0 Å². The largest absolute Gasteiger partial charge is 0.314 e. The van der Waals surface area contributed by atoms with Crippen LogP contribution in [0.25, 0.3) is 0 Å². The number of benzene rings is 1. The lowest BCUT2D eigenvalue weighted by Crippen LogP contribution is -2.36. The van der Waals surface area contributed by atoms with E-state index < -0.39 is 11.6 Å². The van der Waals surface area contributed by atoms with E-state index in [1.807, 2.05) is 0 Å². The van der Waals surface area contributed by atoms with Gasteiger partial charge in [0.15, 0.2) is 0 Å². The Labute approximate surface area is 128 Å². The molecule has 1 aromatic carbocycles. The summed E-state index contributed by atoms with van der Waals surface area (Å²) in [5.41, 5.74) is 0.819. The summed E-state index contributed by atoms with van der Waals surface area (Å²) < 4.78 is 26.8. The lowest BCUT2D eigenvalue weighted by Gasteiger charge is -2.31. The second-order valence-corrected chi connectivity index (χ2v) is 7.09. The molecule has 0 saturated carbocycles. The molecule has 0 spiro atoms. The van der Waals surface area contributed by atoms with E-state index in [2.05, 4.69) is 39.9 Å². The molecule has 1 nitrogen and oxygen atoms in total. The molecule has 0 aliphatic carbocycles. The van der Waals surface area contributed by atoms with Crippen molar-refractivity contribution in [3.05, 3.63) is 35.4 Å². The average Bonchev–Trinajstić information content (AvgIpc) is 2.37. The number of rotatable bonds is 7. The maximum atomic E-state index is 13.8. The predicted octanol–water partition coefficient (Wildman–Crippen LogP) is 4.95. The molecule has 1 rings (SSSR count). The minimum Gasteiger partial charge on any atom is -0.314 e. The molecule has 0 aliphatic rings. The molecule has 0 amide bonds. The van der Waals surface area contributed by atoms with Gasteiger partial charge in [-0.05, 0) is 48.8 Å². The van der Waals surface area contributed by atoms with Crippen molar-refractivity contribution in [3.8, 4) is 0 Å². The molecule has 0 aliphatic heterocycles. The van der Waals surface area contributed by atoms with Crippen LogP contribution in [0.1, 0.15) is 53.0 Å². The third-order valence-corrected chi connectivity index (χ3v) is 4.28. The summed E-state index contributed by atoms with van der Waals surface area (Å²) in [6.45, 7) is 12.0. The minimum absolute atomic E-state index is 0.221. The third kappa shape index (κ3) is 6.13. The van der Waals surface area contributed by atoms with E-state index in [1.54, 1.807) is 6.07 Å². The Balaban J connectivity index is 2.77. The van der Waals surface area contributed by atoms with Gasteiger partial charge in [-0.25, -0.2) is 8.78 Å². The second-order valence-electron chi connectivity index (χ2n) is 7.09. The second kappa shape index (κ2) is 7.88. The monoisotopic (exact) mass is 297 g/mol. The highest BCUT2D eigenvalue weighted by atomic mass is 19.1. The molecular weight excluding hydrogens is 268 g/mol. The Bertz CT molecular complexity index is 437. The number of nitrogens with one attached hydrogen (secondary N) is 1. The first-order valence-electron chi connectivity index (χ1n) is 7.91. The first kappa shape index (κ1) is 18.1. The molecule has 0 heterocycles. The van der Waals surface area contributed by atoms with Crippen LogP contribution in [0, 0.1) is 23.0 Å². The first-order chi connectivity index (χ1) is 9.74. The van der Waals surface area contributed by atoms with Gasteiger partial charge >= 0.3 is 0 Å². The van der Waals surface area contributed by atoms with Crippen molar-refractivity contribution in [3.63, 3.8) is 0 Å². The molecule has 1 aromatic rings. The van der Waals surface area contributed by atoms with Gasteiger partial charge in [0, 0.05) is 12.1 Å². The molecule has 3 heteroatoms. The Morgan fingerprint density at radius 3 is 2.38 bits per heavy atom. The Hall–Kier alpha value is -0.960. The predicted molar refractivity (Wildman–Crippen MR) is 85.4 cm³/mol. The topological polar surface area (TPSA) is 12.0 Å². The molecule has 21 heavy (non-hydrogen) atoms. The van der Waals surface area contributed by atoms with Gasteiger partial charge in [-0.1, -0.05) is 40.7 Å². The highest BCUT2D eigenvalue weighted by Gasteiger charge is 2.24. The van der Waals surface area contributed by atoms with E-state index in [0.717, 1.165) is 25.5 Å². The van der Waals surface area contributed by atoms with Crippen molar-refractivity contribution in [2.24, 2.45) is 11.3 Å². The van der Waals surface area contributed by atoms with E-state index in [9.17, 15) is 8.78 Å². The molecule has 0 fully saturated rings.